The first-order valence-electron chi connectivity index (χ1n) is 7.05. The second-order valence-corrected chi connectivity index (χ2v) is 5.61. The Morgan fingerprint density at radius 3 is 2.41 bits per heavy atom. The predicted octanol–water partition coefficient (Wildman–Crippen LogP) is 2.39. The SMILES string of the molecule is CCCC(C)N(C)C1(CN)CCC(OC)CC1. The molecule has 0 bridgehead atoms. The molecule has 1 saturated carbocycles. The van der Waals surface area contributed by atoms with Gasteiger partial charge in [-0.05, 0) is 46.1 Å². The summed E-state index contributed by atoms with van der Waals surface area (Å²) in [5, 5.41) is 0. The quantitative estimate of drug-likeness (QED) is 0.777. The van der Waals surface area contributed by atoms with Crippen molar-refractivity contribution in [2.24, 2.45) is 5.73 Å². The third-order valence-electron chi connectivity index (χ3n) is 4.69. The molecule has 0 aliphatic heterocycles. The van der Waals surface area contributed by atoms with Gasteiger partial charge in [-0.1, -0.05) is 13.3 Å². The van der Waals surface area contributed by atoms with Crippen molar-refractivity contribution in [3.63, 3.8) is 0 Å². The van der Waals surface area contributed by atoms with E-state index in [0.717, 1.165) is 19.4 Å². The average Bonchev–Trinajstić information content (AvgIpc) is 2.38. The summed E-state index contributed by atoms with van der Waals surface area (Å²) >= 11 is 0. The van der Waals surface area contributed by atoms with Crippen molar-refractivity contribution in [2.45, 2.75) is 70.1 Å². The largest absolute Gasteiger partial charge is 0.381 e. The molecule has 0 saturated heterocycles. The van der Waals surface area contributed by atoms with Crippen LogP contribution in [0.4, 0.5) is 0 Å². The van der Waals surface area contributed by atoms with Crippen LogP contribution >= 0.6 is 0 Å². The van der Waals surface area contributed by atoms with Gasteiger partial charge in [0, 0.05) is 25.2 Å². The van der Waals surface area contributed by atoms with E-state index in [1.165, 1.54) is 25.7 Å². The Morgan fingerprint density at radius 2 is 2.00 bits per heavy atom. The van der Waals surface area contributed by atoms with E-state index < -0.39 is 0 Å². The van der Waals surface area contributed by atoms with Crippen molar-refractivity contribution >= 4 is 0 Å². The standard InChI is InChI=1S/C14H30N2O/c1-5-6-12(2)16(3)14(11-15)9-7-13(17-4)8-10-14/h12-13H,5-11,15H2,1-4H3. The van der Waals surface area contributed by atoms with Crippen LogP contribution in [0.1, 0.15) is 52.4 Å². The van der Waals surface area contributed by atoms with Crippen LogP contribution in [-0.4, -0.2) is 43.3 Å². The van der Waals surface area contributed by atoms with Gasteiger partial charge in [-0.2, -0.15) is 0 Å². The first kappa shape index (κ1) is 14.9. The number of hydrogen-bond donors (Lipinski definition) is 1. The minimum Gasteiger partial charge on any atom is -0.381 e. The average molecular weight is 242 g/mol. The molecule has 1 rings (SSSR count). The van der Waals surface area contributed by atoms with Gasteiger partial charge in [-0.25, -0.2) is 0 Å². The maximum atomic E-state index is 6.08. The highest BCUT2D eigenvalue weighted by atomic mass is 16.5. The van der Waals surface area contributed by atoms with Gasteiger partial charge in [-0.3, -0.25) is 4.90 Å². The highest BCUT2D eigenvalue weighted by Crippen LogP contribution is 2.35. The molecule has 0 aromatic rings. The third-order valence-corrected chi connectivity index (χ3v) is 4.69. The van der Waals surface area contributed by atoms with Gasteiger partial charge < -0.3 is 10.5 Å². The number of nitrogens with zero attached hydrogens (tertiary/aromatic N) is 1. The lowest BCUT2D eigenvalue weighted by Gasteiger charge is -2.48. The van der Waals surface area contributed by atoms with Crippen molar-refractivity contribution in [1.82, 2.24) is 4.90 Å². The van der Waals surface area contributed by atoms with Crippen molar-refractivity contribution < 1.29 is 4.74 Å². The van der Waals surface area contributed by atoms with Crippen molar-refractivity contribution in [3.05, 3.63) is 0 Å². The summed E-state index contributed by atoms with van der Waals surface area (Å²) in [5.74, 6) is 0. The Labute approximate surface area is 107 Å². The fourth-order valence-electron chi connectivity index (χ4n) is 3.14. The maximum absolute atomic E-state index is 6.08. The zero-order valence-corrected chi connectivity index (χ0v) is 12.0. The van der Waals surface area contributed by atoms with Gasteiger partial charge in [0.05, 0.1) is 6.10 Å². The fraction of sp³-hybridized carbons (Fsp3) is 1.00. The monoisotopic (exact) mass is 242 g/mol. The molecule has 0 radical (unpaired) electrons. The maximum Gasteiger partial charge on any atom is 0.0572 e. The molecule has 17 heavy (non-hydrogen) atoms. The molecular weight excluding hydrogens is 212 g/mol. The summed E-state index contributed by atoms with van der Waals surface area (Å²) in [7, 11) is 4.07. The van der Waals surface area contributed by atoms with Gasteiger partial charge in [-0.15, -0.1) is 0 Å². The molecule has 0 heterocycles. The number of likely N-dealkylation sites (N-methyl/N-ethyl adjacent to an activating group) is 1. The Balaban J connectivity index is 2.63. The molecule has 1 atom stereocenters. The van der Waals surface area contributed by atoms with Gasteiger partial charge in [0.2, 0.25) is 0 Å². The highest BCUT2D eigenvalue weighted by Gasteiger charge is 2.39. The Morgan fingerprint density at radius 1 is 1.41 bits per heavy atom. The number of ether oxygens (including phenoxy) is 1. The molecule has 0 aromatic heterocycles. The molecule has 1 aliphatic rings. The van der Waals surface area contributed by atoms with E-state index in [0.29, 0.717) is 12.1 Å². The smallest absolute Gasteiger partial charge is 0.0572 e. The topological polar surface area (TPSA) is 38.5 Å². The third kappa shape index (κ3) is 3.43. The minimum atomic E-state index is 0.212. The van der Waals surface area contributed by atoms with Crippen LogP contribution in [0.15, 0.2) is 0 Å². The molecule has 3 nitrogen and oxygen atoms in total. The van der Waals surface area contributed by atoms with Crippen LogP contribution in [0.2, 0.25) is 0 Å². The van der Waals surface area contributed by atoms with Crippen LogP contribution in [0.25, 0.3) is 0 Å². The molecule has 3 heteroatoms. The van der Waals surface area contributed by atoms with Crippen LogP contribution < -0.4 is 5.73 Å². The van der Waals surface area contributed by atoms with Crippen LogP contribution in [0.3, 0.4) is 0 Å². The van der Waals surface area contributed by atoms with E-state index in [2.05, 4.69) is 25.8 Å². The molecule has 102 valence electrons. The summed E-state index contributed by atoms with van der Waals surface area (Å²) in [6.07, 6.45) is 7.59. The second kappa shape index (κ2) is 6.72. The Bertz CT molecular complexity index is 212. The molecule has 1 fully saturated rings. The van der Waals surface area contributed by atoms with E-state index in [-0.39, 0.29) is 5.54 Å². The number of nitrogens with two attached hydrogens (primary N) is 1. The molecule has 0 amide bonds. The summed E-state index contributed by atoms with van der Waals surface area (Å²) in [5.41, 5.74) is 6.29. The predicted molar refractivity (Wildman–Crippen MR) is 73.2 cm³/mol. The molecule has 1 unspecified atom stereocenters. The van der Waals surface area contributed by atoms with Gasteiger partial charge in [0.1, 0.15) is 0 Å². The summed E-state index contributed by atoms with van der Waals surface area (Å²) in [6, 6.07) is 0.627. The molecule has 0 aromatic carbocycles. The van der Waals surface area contributed by atoms with Crippen molar-refractivity contribution in [2.75, 3.05) is 20.7 Å². The number of rotatable bonds is 6. The summed E-state index contributed by atoms with van der Waals surface area (Å²) < 4.78 is 5.46. The van der Waals surface area contributed by atoms with Gasteiger partial charge in [0.25, 0.3) is 0 Å². The lowest BCUT2D eigenvalue weighted by molar-refractivity contribution is -0.0116. The fourth-order valence-corrected chi connectivity index (χ4v) is 3.14. The van der Waals surface area contributed by atoms with Gasteiger partial charge in [0.15, 0.2) is 0 Å². The van der Waals surface area contributed by atoms with Crippen LogP contribution in [-0.2, 0) is 4.74 Å². The van der Waals surface area contributed by atoms with E-state index in [1.54, 1.807) is 0 Å². The van der Waals surface area contributed by atoms with E-state index in [4.69, 9.17) is 10.5 Å². The zero-order chi connectivity index (χ0) is 12.9. The molecule has 2 N–H and O–H groups in total. The second-order valence-electron chi connectivity index (χ2n) is 5.61. The van der Waals surface area contributed by atoms with E-state index in [9.17, 15) is 0 Å². The Hall–Kier alpha value is -0.120. The van der Waals surface area contributed by atoms with Crippen molar-refractivity contribution in [3.8, 4) is 0 Å². The van der Waals surface area contributed by atoms with Gasteiger partial charge >= 0.3 is 0 Å². The summed E-state index contributed by atoms with van der Waals surface area (Å²) in [6.45, 7) is 5.35. The molecule has 0 spiro atoms. The first-order chi connectivity index (χ1) is 8.09. The number of methoxy groups -OCH3 is 1. The van der Waals surface area contributed by atoms with E-state index >= 15 is 0 Å². The normalized spacial score (nSPS) is 31.8. The first-order valence-corrected chi connectivity index (χ1v) is 7.05. The van der Waals surface area contributed by atoms with Crippen molar-refractivity contribution in [1.29, 1.82) is 0 Å². The number of hydrogen-bond acceptors (Lipinski definition) is 3. The summed E-state index contributed by atoms with van der Waals surface area (Å²) in [4.78, 5) is 2.53. The zero-order valence-electron chi connectivity index (χ0n) is 12.0. The van der Waals surface area contributed by atoms with Crippen LogP contribution in [0.5, 0.6) is 0 Å². The Kier molecular flexibility index (Phi) is 5.90. The van der Waals surface area contributed by atoms with Crippen LogP contribution in [0, 0.1) is 0 Å². The highest BCUT2D eigenvalue weighted by molar-refractivity contribution is 4.96. The molecule has 1 aliphatic carbocycles. The van der Waals surface area contributed by atoms with E-state index in [1.807, 2.05) is 7.11 Å². The lowest BCUT2D eigenvalue weighted by atomic mass is 9.78. The minimum absolute atomic E-state index is 0.212. The lowest BCUT2D eigenvalue weighted by Crippen LogP contribution is -2.57. The molecular formula is C14H30N2O.